The van der Waals surface area contributed by atoms with Gasteiger partial charge in [-0.1, -0.05) is 108 Å². The van der Waals surface area contributed by atoms with Gasteiger partial charge in [0.2, 0.25) is 0 Å². The molecule has 2 heterocycles. The number of thiophene rings is 2. The SMILES string of the molecule is [2H]c1c([2H])c([2H])c(-c2c([2H])c([2H])c([2H])c([2H])c2C(c2c([2H])c([2H])c([2H])c3sc4c([2H])c([2H])c([2H])c([2H])c4c23)c2c([2H])c([2H])c([2H])c3sc4c([2H])c([2H])c(C)c([2H])c4c23)c([2H])c1[2H]. The van der Waals surface area contributed by atoms with E-state index in [1.54, 1.807) is 0 Å². The molecular weight excluding hydrogens is 521 g/mol. The van der Waals surface area contributed by atoms with Gasteiger partial charge in [-0.05, 0) is 65.0 Å². The summed E-state index contributed by atoms with van der Waals surface area (Å²) in [5.74, 6) is -2.11. The summed E-state index contributed by atoms with van der Waals surface area (Å²) in [5.41, 5.74) is -3.08. The van der Waals surface area contributed by atoms with Gasteiger partial charge in [0.25, 0.3) is 0 Å². The van der Waals surface area contributed by atoms with Crippen molar-refractivity contribution in [3.05, 3.63) is 155 Å². The van der Waals surface area contributed by atoms with Crippen LogP contribution in [0.1, 0.15) is 58.3 Å². The van der Waals surface area contributed by atoms with Crippen LogP contribution in [0, 0.1) is 6.92 Å². The zero-order valence-corrected chi connectivity index (χ0v) is 22.0. The normalized spacial score (nSPS) is 20.2. The van der Waals surface area contributed by atoms with Crippen molar-refractivity contribution in [2.45, 2.75) is 12.8 Å². The van der Waals surface area contributed by atoms with E-state index in [1.165, 1.54) is 6.92 Å². The smallest absolute Gasteiger partial charge is 0.0638 e. The molecular formula is C38H26S2. The van der Waals surface area contributed by atoms with Gasteiger partial charge in [-0.15, -0.1) is 22.7 Å². The summed E-state index contributed by atoms with van der Waals surface area (Å²) in [4.78, 5) is 0. The molecule has 1 unspecified atom stereocenters. The summed E-state index contributed by atoms with van der Waals surface area (Å²) in [6.45, 7) is 1.39. The highest BCUT2D eigenvalue weighted by Gasteiger charge is 2.26. The van der Waals surface area contributed by atoms with Crippen LogP contribution in [0.2, 0.25) is 0 Å². The first-order valence-electron chi connectivity index (χ1n) is 22.9. The van der Waals surface area contributed by atoms with Crippen LogP contribution in [0.15, 0.2) is 133 Å². The monoisotopic (exact) mass is 568 g/mol. The van der Waals surface area contributed by atoms with Crippen molar-refractivity contribution >= 4 is 63.0 Å². The molecule has 0 fully saturated rings. The highest BCUT2D eigenvalue weighted by molar-refractivity contribution is 7.26. The summed E-state index contributed by atoms with van der Waals surface area (Å²) in [7, 11) is 0. The van der Waals surface area contributed by atoms with Crippen molar-refractivity contribution < 1.29 is 30.2 Å². The van der Waals surface area contributed by atoms with Crippen molar-refractivity contribution in [2.24, 2.45) is 0 Å². The van der Waals surface area contributed by atoms with Crippen molar-refractivity contribution in [3.8, 4) is 11.1 Å². The van der Waals surface area contributed by atoms with Gasteiger partial charge in [0.1, 0.15) is 0 Å². The van der Waals surface area contributed by atoms with Gasteiger partial charge in [-0.3, -0.25) is 0 Å². The van der Waals surface area contributed by atoms with E-state index in [1.807, 2.05) is 0 Å². The second-order valence-corrected chi connectivity index (χ2v) is 10.9. The van der Waals surface area contributed by atoms with Crippen molar-refractivity contribution in [3.63, 3.8) is 0 Å². The second kappa shape index (κ2) is 9.45. The zero-order valence-electron chi connectivity index (χ0n) is 42.4. The maximum Gasteiger partial charge on any atom is 0.0638 e. The molecule has 0 saturated heterocycles. The molecule has 0 amide bonds. The van der Waals surface area contributed by atoms with Gasteiger partial charge < -0.3 is 0 Å². The lowest BCUT2D eigenvalue weighted by molar-refractivity contribution is 1.01. The van der Waals surface area contributed by atoms with E-state index in [0.717, 1.165) is 11.3 Å². The third kappa shape index (κ3) is 3.71. The van der Waals surface area contributed by atoms with E-state index < -0.39 is 149 Å². The molecule has 0 saturated carbocycles. The molecule has 0 spiro atoms. The van der Waals surface area contributed by atoms with Gasteiger partial charge >= 0.3 is 0 Å². The Kier molecular flexibility index (Phi) is 2.43. The average Bonchev–Trinajstić information content (AvgIpc) is 3.85. The van der Waals surface area contributed by atoms with Gasteiger partial charge in [-0.25, -0.2) is 0 Å². The molecule has 6 aromatic carbocycles. The van der Waals surface area contributed by atoms with Gasteiger partial charge in [0, 0.05) is 46.3 Å². The Morgan fingerprint density at radius 2 is 1.07 bits per heavy atom. The van der Waals surface area contributed by atoms with Gasteiger partial charge in [0.15, 0.2) is 0 Å². The zero-order chi connectivity index (χ0) is 45.8. The Hall–Kier alpha value is -4.24. The summed E-state index contributed by atoms with van der Waals surface area (Å²) in [6.07, 6.45) is 0. The first-order valence-corrected chi connectivity index (χ1v) is 13.6. The van der Waals surface area contributed by atoms with E-state index in [2.05, 4.69) is 0 Å². The summed E-state index contributed by atoms with van der Waals surface area (Å²) >= 11 is 1.41. The van der Waals surface area contributed by atoms with Crippen LogP contribution in [0.3, 0.4) is 0 Å². The molecule has 0 nitrogen and oxygen atoms in total. The predicted molar refractivity (Wildman–Crippen MR) is 176 cm³/mol. The molecule has 2 aromatic heterocycles. The van der Waals surface area contributed by atoms with Crippen molar-refractivity contribution in [2.75, 3.05) is 0 Å². The van der Waals surface area contributed by atoms with Crippen LogP contribution < -0.4 is 0 Å². The highest BCUT2D eigenvalue weighted by atomic mass is 32.1. The lowest BCUT2D eigenvalue weighted by Gasteiger charge is -2.24. The fourth-order valence-electron chi connectivity index (χ4n) is 4.93. The third-order valence-corrected chi connectivity index (χ3v) is 8.58. The first-order chi connectivity index (χ1) is 28.9. The van der Waals surface area contributed by atoms with Gasteiger partial charge in [0.05, 0.1) is 30.2 Å². The molecule has 1 atom stereocenters. The molecule has 8 rings (SSSR count). The molecule has 40 heavy (non-hydrogen) atoms. The van der Waals surface area contributed by atoms with Crippen LogP contribution in [-0.4, -0.2) is 0 Å². The molecule has 190 valence electrons. The molecule has 0 aliphatic carbocycles. The summed E-state index contributed by atoms with van der Waals surface area (Å²) in [6, 6.07) is -16.3. The fourth-order valence-corrected chi connectivity index (χ4v) is 6.89. The molecule has 0 N–H and O–H groups in total. The summed E-state index contributed by atoms with van der Waals surface area (Å²) < 4.78 is 197. The van der Waals surface area contributed by atoms with E-state index in [-0.39, 0.29) is 64.0 Å². The van der Waals surface area contributed by atoms with Crippen LogP contribution >= 0.6 is 22.7 Å². The maximum absolute atomic E-state index is 9.63. The minimum absolute atomic E-state index is 0.00504. The molecule has 0 aliphatic heterocycles. The fraction of sp³-hybridized carbons (Fsp3) is 0.0526. The highest BCUT2D eigenvalue weighted by Crippen LogP contribution is 2.48. The third-order valence-electron chi connectivity index (χ3n) is 6.54. The van der Waals surface area contributed by atoms with E-state index in [0.29, 0.717) is 11.3 Å². The van der Waals surface area contributed by atoms with E-state index in [9.17, 15) is 6.85 Å². The number of hydrogen-bond acceptors (Lipinski definition) is 2. The first kappa shape index (κ1) is 10.3. The minimum Gasteiger partial charge on any atom is -0.135 e. The topological polar surface area (TPSA) is 0 Å². The predicted octanol–water partition coefficient (Wildman–Crippen LogP) is 11.6. The number of hydrogen-bond donors (Lipinski definition) is 0. The van der Waals surface area contributed by atoms with Gasteiger partial charge in [-0.2, -0.15) is 0 Å². The maximum atomic E-state index is 9.63. The van der Waals surface area contributed by atoms with Crippen LogP contribution in [0.4, 0.5) is 0 Å². The number of benzene rings is 6. The largest absolute Gasteiger partial charge is 0.135 e. The second-order valence-electron chi connectivity index (χ2n) is 8.82. The Morgan fingerprint density at radius 3 is 1.85 bits per heavy atom. The molecule has 0 radical (unpaired) electrons. The van der Waals surface area contributed by atoms with Crippen LogP contribution in [0.25, 0.3) is 51.5 Å². The Bertz CT molecular complexity index is 3220. The Morgan fingerprint density at radius 1 is 0.500 bits per heavy atom. The van der Waals surface area contributed by atoms with Crippen LogP contribution in [-0.2, 0) is 0 Å². The molecule has 2 heteroatoms. The quantitative estimate of drug-likeness (QED) is 0.185. The lowest BCUT2D eigenvalue weighted by Crippen LogP contribution is -2.06. The molecule has 0 aliphatic rings. The Labute approximate surface area is 272 Å². The van der Waals surface area contributed by atoms with Crippen molar-refractivity contribution in [1.29, 1.82) is 0 Å². The average molecular weight is 569 g/mol. The molecule has 8 aromatic rings. The van der Waals surface area contributed by atoms with Crippen LogP contribution in [0.5, 0.6) is 0 Å². The standard InChI is InChI=1S/C38H26S2/c1-24-21-22-33-31(23-24)38-30(17-10-20-35(38)40-33)36(27-14-6-5-13-26(27)25-11-3-2-4-12-25)29-16-9-19-34-37(29)28-15-7-8-18-32(28)39-34/h2-23,36H,1H3/i2D,3D,4D,5D,6D,7D,8D,9D,10D,11D,12D,13D,14D,15D,16D,17D,18D,19D,20D,21D,22D,23D. The molecule has 0 bridgehead atoms. The van der Waals surface area contributed by atoms with E-state index in [4.69, 9.17) is 23.3 Å². The summed E-state index contributed by atoms with van der Waals surface area (Å²) in [5, 5.41) is -0.858. The van der Waals surface area contributed by atoms with E-state index >= 15 is 0 Å². The number of fused-ring (bicyclic) bond motifs is 6. The Balaban J connectivity index is 1.79. The number of rotatable bonds is 4. The lowest BCUT2D eigenvalue weighted by atomic mass is 9.78. The van der Waals surface area contributed by atoms with Crippen molar-refractivity contribution in [1.82, 2.24) is 0 Å². The minimum atomic E-state index is -2.11.